The molecule has 0 radical (unpaired) electrons. The summed E-state index contributed by atoms with van der Waals surface area (Å²) in [7, 11) is 1.60. The molecule has 0 bridgehead atoms. The lowest BCUT2D eigenvalue weighted by molar-refractivity contribution is -0.111. The third-order valence-electron chi connectivity index (χ3n) is 3.21. The molecule has 0 saturated carbocycles. The Kier molecular flexibility index (Phi) is 6.88. The zero-order chi connectivity index (χ0) is 17.4. The maximum atomic E-state index is 12.0. The molecule has 2 rings (SSSR count). The molecule has 0 spiro atoms. The van der Waals surface area contributed by atoms with Crippen LogP contribution >= 0.6 is 15.9 Å². The number of nitrogens with one attached hydrogen (secondary N) is 1. The van der Waals surface area contributed by atoms with Crippen LogP contribution in [0.2, 0.25) is 0 Å². The minimum atomic E-state index is -0.202. The summed E-state index contributed by atoms with van der Waals surface area (Å²) < 4.78 is 11.8. The Morgan fingerprint density at radius 3 is 2.71 bits per heavy atom. The van der Waals surface area contributed by atoms with E-state index in [-0.39, 0.29) is 5.91 Å². The first kappa shape index (κ1) is 18.1. The number of hydrogen-bond acceptors (Lipinski definition) is 3. The number of ether oxygens (including phenoxy) is 2. The van der Waals surface area contributed by atoms with E-state index in [4.69, 9.17) is 9.47 Å². The third kappa shape index (κ3) is 5.13. The van der Waals surface area contributed by atoms with Crippen molar-refractivity contribution in [3.05, 3.63) is 58.6 Å². The number of hydrogen-bond donors (Lipinski definition) is 1. The number of halogens is 1. The molecule has 2 aromatic carbocycles. The third-order valence-corrected chi connectivity index (χ3v) is 3.90. The lowest BCUT2D eigenvalue weighted by atomic mass is 10.2. The normalized spacial score (nSPS) is 10.6. The molecule has 0 aliphatic rings. The van der Waals surface area contributed by atoms with E-state index in [0.717, 1.165) is 22.1 Å². The minimum absolute atomic E-state index is 0.202. The quantitative estimate of drug-likeness (QED) is 0.685. The van der Waals surface area contributed by atoms with E-state index < -0.39 is 0 Å². The number of anilines is 1. The van der Waals surface area contributed by atoms with Gasteiger partial charge in [-0.05, 0) is 58.3 Å². The van der Waals surface area contributed by atoms with Crippen molar-refractivity contribution in [3.63, 3.8) is 0 Å². The van der Waals surface area contributed by atoms with Crippen LogP contribution < -0.4 is 14.8 Å². The van der Waals surface area contributed by atoms with E-state index in [1.54, 1.807) is 13.2 Å². The molecular formula is C19H20BrNO3. The second-order valence-corrected chi connectivity index (χ2v) is 5.92. The average molecular weight is 390 g/mol. The van der Waals surface area contributed by atoms with Crippen LogP contribution in [0.3, 0.4) is 0 Å². The molecule has 0 saturated heterocycles. The van der Waals surface area contributed by atoms with Crippen molar-refractivity contribution in [2.75, 3.05) is 19.0 Å². The summed E-state index contributed by atoms with van der Waals surface area (Å²) in [6.07, 6.45) is 4.15. The Labute approximate surface area is 150 Å². The van der Waals surface area contributed by atoms with Crippen molar-refractivity contribution in [1.82, 2.24) is 0 Å². The van der Waals surface area contributed by atoms with Crippen molar-refractivity contribution in [3.8, 4) is 11.5 Å². The van der Waals surface area contributed by atoms with Crippen molar-refractivity contribution in [1.29, 1.82) is 0 Å². The van der Waals surface area contributed by atoms with Crippen molar-refractivity contribution in [2.24, 2.45) is 0 Å². The summed E-state index contributed by atoms with van der Waals surface area (Å²) in [6.45, 7) is 2.69. The minimum Gasteiger partial charge on any atom is -0.493 e. The van der Waals surface area contributed by atoms with Gasteiger partial charge in [-0.25, -0.2) is 0 Å². The number of amides is 1. The number of benzene rings is 2. The van der Waals surface area contributed by atoms with Crippen LogP contribution in [0.15, 0.2) is 53.0 Å². The van der Waals surface area contributed by atoms with E-state index in [9.17, 15) is 4.79 Å². The SMILES string of the molecule is CCCOc1ccc(/C=C/C(=O)Nc2ccccc2Br)cc1OC. The highest BCUT2D eigenvalue weighted by Gasteiger charge is 2.05. The Balaban J connectivity index is 2.05. The molecule has 0 atom stereocenters. The summed E-state index contributed by atoms with van der Waals surface area (Å²) >= 11 is 3.40. The molecule has 0 aliphatic carbocycles. The summed E-state index contributed by atoms with van der Waals surface area (Å²) in [5.74, 6) is 1.15. The van der Waals surface area contributed by atoms with Gasteiger partial charge in [-0.2, -0.15) is 0 Å². The summed E-state index contributed by atoms with van der Waals surface area (Å²) in [5.41, 5.74) is 1.59. The van der Waals surface area contributed by atoms with Gasteiger partial charge in [-0.1, -0.05) is 25.1 Å². The monoisotopic (exact) mass is 389 g/mol. The fraction of sp³-hybridized carbons (Fsp3) is 0.211. The van der Waals surface area contributed by atoms with Gasteiger partial charge in [-0.15, -0.1) is 0 Å². The lowest BCUT2D eigenvalue weighted by Crippen LogP contribution is -2.08. The molecule has 4 nitrogen and oxygen atoms in total. The molecule has 126 valence electrons. The average Bonchev–Trinajstić information content (AvgIpc) is 2.60. The first-order chi connectivity index (χ1) is 11.6. The molecule has 0 aliphatic heterocycles. The second kappa shape index (κ2) is 9.13. The molecule has 1 N–H and O–H groups in total. The van der Waals surface area contributed by atoms with Crippen LogP contribution in [0, 0.1) is 0 Å². The highest BCUT2D eigenvalue weighted by atomic mass is 79.9. The molecule has 0 fully saturated rings. The van der Waals surface area contributed by atoms with Crippen molar-refractivity contribution < 1.29 is 14.3 Å². The fourth-order valence-electron chi connectivity index (χ4n) is 2.03. The van der Waals surface area contributed by atoms with Gasteiger partial charge in [0.2, 0.25) is 5.91 Å². The van der Waals surface area contributed by atoms with E-state index in [1.807, 2.05) is 49.4 Å². The second-order valence-electron chi connectivity index (χ2n) is 5.06. The number of carbonyl (C=O) groups excluding carboxylic acids is 1. The zero-order valence-corrected chi connectivity index (χ0v) is 15.3. The van der Waals surface area contributed by atoms with Gasteiger partial charge in [0.05, 0.1) is 19.4 Å². The van der Waals surface area contributed by atoms with Crippen LogP contribution in [0.4, 0.5) is 5.69 Å². The number of carbonyl (C=O) groups is 1. The largest absolute Gasteiger partial charge is 0.493 e. The Morgan fingerprint density at radius 1 is 1.21 bits per heavy atom. The van der Waals surface area contributed by atoms with E-state index in [0.29, 0.717) is 18.1 Å². The molecule has 24 heavy (non-hydrogen) atoms. The molecule has 0 unspecified atom stereocenters. The Hall–Kier alpha value is -2.27. The molecule has 5 heteroatoms. The van der Waals surface area contributed by atoms with Crippen molar-refractivity contribution >= 4 is 33.6 Å². The van der Waals surface area contributed by atoms with Gasteiger partial charge in [-0.3, -0.25) is 4.79 Å². The fourth-order valence-corrected chi connectivity index (χ4v) is 2.41. The summed E-state index contributed by atoms with van der Waals surface area (Å²) in [6, 6.07) is 13.0. The standard InChI is InChI=1S/C19H20BrNO3/c1-3-12-24-17-10-8-14(13-18(17)23-2)9-11-19(22)21-16-7-5-4-6-15(16)20/h4-11,13H,3,12H2,1-2H3,(H,21,22)/b11-9+. The predicted molar refractivity (Wildman–Crippen MR) is 101 cm³/mol. The number of para-hydroxylation sites is 1. The Morgan fingerprint density at radius 2 is 2.00 bits per heavy atom. The van der Waals surface area contributed by atoms with Crippen LogP contribution in [-0.4, -0.2) is 19.6 Å². The van der Waals surface area contributed by atoms with E-state index in [1.165, 1.54) is 6.08 Å². The predicted octanol–water partition coefficient (Wildman–Crippen LogP) is 4.90. The van der Waals surface area contributed by atoms with Gasteiger partial charge < -0.3 is 14.8 Å². The smallest absolute Gasteiger partial charge is 0.248 e. The molecule has 0 heterocycles. The van der Waals surface area contributed by atoms with E-state index in [2.05, 4.69) is 21.2 Å². The highest BCUT2D eigenvalue weighted by Crippen LogP contribution is 2.28. The maximum Gasteiger partial charge on any atom is 0.248 e. The first-order valence-corrected chi connectivity index (χ1v) is 8.47. The van der Waals surface area contributed by atoms with Gasteiger partial charge >= 0.3 is 0 Å². The first-order valence-electron chi connectivity index (χ1n) is 7.68. The Bertz CT molecular complexity index is 728. The topological polar surface area (TPSA) is 47.6 Å². The lowest BCUT2D eigenvalue weighted by Gasteiger charge is -2.10. The highest BCUT2D eigenvalue weighted by molar-refractivity contribution is 9.10. The van der Waals surface area contributed by atoms with Gasteiger partial charge in [0.15, 0.2) is 11.5 Å². The van der Waals surface area contributed by atoms with E-state index >= 15 is 0 Å². The summed E-state index contributed by atoms with van der Waals surface area (Å²) in [5, 5.41) is 2.82. The summed E-state index contributed by atoms with van der Waals surface area (Å²) in [4.78, 5) is 12.0. The molecule has 1 amide bonds. The van der Waals surface area contributed by atoms with Gasteiger partial charge in [0.25, 0.3) is 0 Å². The number of rotatable bonds is 7. The maximum absolute atomic E-state index is 12.0. The van der Waals surface area contributed by atoms with Crippen LogP contribution in [0.25, 0.3) is 6.08 Å². The zero-order valence-electron chi connectivity index (χ0n) is 13.7. The molecular weight excluding hydrogens is 370 g/mol. The van der Waals surface area contributed by atoms with Crippen LogP contribution in [-0.2, 0) is 4.79 Å². The van der Waals surface area contributed by atoms with Crippen molar-refractivity contribution in [2.45, 2.75) is 13.3 Å². The van der Waals surface area contributed by atoms with Gasteiger partial charge in [0, 0.05) is 10.5 Å². The van der Waals surface area contributed by atoms with Crippen LogP contribution in [0.5, 0.6) is 11.5 Å². The molecule has 0 aromatic heterocycles. The van der Waals surface area contributed by atoms with Crippen LogP contribution in [0.1, 0.15) is 18.9 Å². The van der Waals surface area contributed by atoms with Gasteiger partial charge in [0.1, 0.15) is 0 Å². The number of methoxy groups -OCH3 is 1. The molecule has 2 aromatic rings.